The molecule has 10 nitrogen and oxygen atoms in total. The molecule has 2 aliphatic heterocycles. The average molecular weight is 626 g/mol. The average Bonchev–Trinajstić information content (AvgIpc) is 3.61. The van der Waals surface area contributed by atoms with Crippen LogP contribution < -0.4 is 25.8 Å². The van der Waals surface area contributed by atoms with Gasteiger partial charge in [0.2, 0.25) is 11.7 Å². The number of benzene rings is 2. The molecule has 1 amide bonds. The normalized spacial score (nSPS) is 16.8. The Morgan fingerprint density at radius 2 is 1.79 bits per heavy atom. The van der Waals surface area contributed by atoms with Crippen LogP contribution in [0.5, 0.6) is 5.75 Å². The van der Waals surface area contributed by atoms with Crippen LogP contribution >= 0.6 is 10.2 Å². The van der Waals surface area contributed by atoms with Gasteiger partial charge in [0.25, 0.3) is 5.56 Å². The van der Waals surface area contributed by atoms with Crippen molar-refractivity contribution >= 4 is 33.3 Å². The molecule has 230 valence electrons. The largest absolute Gasteiger partial charge is 0.493 e. The highest BCUT2D eigenvalue weighted by Gasteiger charge is 2.65. The first-order chi connectivity index (χ1) is 20.2. The second kappa shape index (κ2) is 9.67. The number of rotatable bonds is 7. The van der Waals surface area contributed by atoms with Crippen molar-refractivity contribution in [3.8, 4) is 17.1 Å². The number of carbonyl (C=O) groups is 1. The molecule has 43 heavy (non-hydrogen) atoms. The Kier molecular flexibility index (Phi) is 6.50. The molecule has 4 heterocycles. The monoisotopic (exact) mass is 625 g/mol. The summed E-state index contributed by atoms with van der Waals surface area (Å²) in [4.78, 5) is 31.5. The summed E-state index contributed by atoms with van der Waals surface area (Å²) in [7, 11) is -9.86. The Hall–Kier alpha value is -4.18. The third-order valence-corrected chi connectivity index (χ3v) is 8.60. The Bertz CT molecular complexity index is 1800. The summed E-state index contributed by atoms with van der Waals surface area (Å²) in [5, 5.41) is 10.2. The SMILES string of the molecule is CCc1c(N2CCNCC2)c(=O)n2nc(-c3ccc4c(c3)OCC4)nc2n1CC(=O)Nc1ccc(S(F)(F)(F)(F)F)cc1. The number of anilines is 2. The van der Waals surface area contributed by atoms with Crippen molar-refractivity contribution < 1.29 is 29.0 Å². The Morgan fingerprint density at radius 1 is 1.07 bits per heavy atom. The molecule has 0 saturated carbocycles. The first-order valence-corrected chi connectivity index (χ1v) is 15.5. The number of aromatic nitrogens is 4. The number of nitrogens with one attached hydrogen (secondary N) is 2. The lowest BCUT2D eigenvalue weighted by Gasteiger charge is -2.40. The molecule has 2 N–H and O–H groups in total. The first kappa shape index (κ1) is 28.9. The van der Waals surface area contributed by atoms with Crippen molar-refractivity contribution in [1.29, 1.82) is 0 Å². The Balaban J connectivity index is 1.40. The second-order valence-electron chi connectivity index (χ2n) is 10.4. The summed E-state index contributed by atoms with van der Waals surface area (Å²) in [5.74, 6) is 0.388. The predicted octanol–water partition coefficient (Wildman–Crippen LogP) is 4.76. The molecule has 0 spiro atoms. The Labute approximate surface area is 242 Å². The smallest absolute Gasteiger partial charge is 0.310 e. The van der Waals surface area contributed by atoms with Crippen LogP contribution in [0.25, 0.3) is 17.2 Å². The number of piperazine rings is 1. The number of hydrogen-bond donors (Lipinski definition) is 2. The van der Waals surface area contributed by atoms with Gasteiger partial charge in [-0.05, 0) is 42.3 Å². The fraction of sp³-hybridized carbons (Fsp3) is 0.333. The maximum Gasteiger partial charge on any atom is 0.310 e. The Morgan fingerprint density at radius 3 is 2.47 bits per heavy atom. The van der Waals surface area contributed by atoms with E-state index in [2.05, 4.69) is 20.7 Å². The van der Waals surface area contributed by atoms with Crippen molar-refractivity contribution in [2.45, 2.75) is 31.2 Å². The summed E-state index contributed by atoms with van der Waals surface area (Å²) in [6, 6.07) is 7.55. The van der Waals surface area contributed by atoms with E-state index in [0.29, 0.717) is 61.9 Å². The van der Waals surface area contributed by atoms with E-state index in [4.69, 9.17) is 4.74 Å². The van der Waals surface area contributed by atoms with Crippen LogP contribution in [0, 0.1) is 0 Å². The quantitative estimate of drug-likeness (QED) is 0.286. The number of halogens is 5. The van der Waals surface area contributed by atoms with Crippen LogP contribution in [-0.2, 0) is 24.2 Å². The van der Waals surface area contributed by atoms with Crippen LogP contribution in [0.2, 0.25) is 0 Å². The van der Waals surface area contributed by atoms with E-state index in [0.717, 1.165) is 28.6 Å². The van der Waals surface area contributed by atoms with Gasteiger partial charge in [-0.1, -0.05) is 38.5 Å². The number of carbonyl (C=O) groups excluding carboxylic acids is 1. The van der Waals surface area contributed by atoms with E-state index in [9.17, 15) is 29.0 Å². The molecule has 2 aromatic heterocycles. The van der Waals surface area contributed by atoms with Gasteiger partial charge in [-0.15, -0.1) is 5.10 Å². The molecule has 6 rings (SSSR count). The van der Waals surface area contributed by atoms with Crippen molar-refractivity contribution in [3.63, 3.8) is 0 Å². The lowest BCUT2D eigenvalue weighted by molar-refractivity contribution is -0.116. The molecule has 0 unspecified atom stereocenters. The molecule has 0 radical (unpaired) electrons. The highest BCUT2D eigenvalue weighted by Crippen LogP contribution is 3.02. The maximum absolute atomic E-state index is 13.8. The molecule has 4 aromatic rings. The van der Waals surface area contributed by atoms with Crippen molar-refractivity contribution in [1.82, 2.24) is 24.5 Å². The van der Waals surface area contributed by atoms with Gasteiger partial charge < -0.3 is 24.8 Å². The summed E-state index contributed by atoms with van der Waals surface area (Å²) in [6.07, 6.45) is 1.14. The summed E-state index contributed by atoms with van der Waals surface area (Å²) >= 11 is 0. The zero-order valence-electron chi connectivity index (χ0n) is 23.0. The van der Waals surface area contributed by atoms with Crippen molar-refractivity contribution in [2.75, 3.05) is 43.0 Å². The van der Waals surface area contributed by atoms with Crippen LogP contribution in [0.1, 0.15) is 18.2 Å². The van der Waals surface area contributed by atoms with Gasteiger partial charge in [0, 0.05) is 43.9 Å². The third kappa shape index (κ3) is 5.63. The number of hydrogen-bond acceptors (Lipinski definition) is 7. The van der Waals surface area contributed by atoms with Gasteiger partial charge in [0.15, 0.2) is 5.82 Å². The third-order valence-electron chi connectivity index (χ3n) is 7.43. The molecular formula is C27H28F5N7O3S. The molecule has 0 bridgehead atoms. The molecule has 2 aromatic carbocycles. The highest BCUT2D eigenvalue weighted by atomic mass is 32.5. The van der Waals surface area contributed by atoms with Gasteiger partial charge in [0.05, 0.1) is 12.3 Å². The van der Waals surface area contributed by atoms with E-state index >= 15 is 0 Å². The molecule has 0 aliphatic carbocycles. The van der Waals surface area contributed by atoms with Crippen molar-refractivity contribution in [3.05, 3.63) is 64.1 Å². The molecule has 1 fully saturated rings. The summed E-state index contributed by atoms with van der Waals surface area (Å²) < 4.78 is 74.0. The lowest BCUT2D eigenvalue weighted by atomic mass is 10.1. The predicted molar refractivity (Wildman–Crippen MR) is 153 cm³/mol. The van der Waals surface area contributed by atoms with Gasteiger partial charge in [-0.2, -0.15) is 9.50 Å². The summed E-state index contributed by atoms with van der Waals surface area (Å²) in [5.41, 5.74) is 2.07. The minimum atomic E-state index is -9.86. The van der Waals surface area contributed by atoms with Gasteiger partial charge in [-0.25, -0.2) is 0 Å². The van der Waals surface area contributed by atoms with E-state index in [1.54, 1.807) is 10.6 Å². The highest BCUT2D eigenvalue weighted by molar-refractivity contribution is 8.45. The minimum Gasteiger partial charge on any atom is -0.493 e. The van der Waals surface area contributed by atoms with Crippen LogP contribution in [-0.4, -0.2) is 57.9 Å². The zero-order valence-corrected chi connectivity index (χ0v) is 23.8. The standard InChI is InChI=1S/C27H28F5N7O3S/c1-2-21-24(37-12-10-33-11-13-37)26(41)39-27(35-25(36-39)18-4-3-17-9-14-42-22(17)15-18)38(21)16-23(40)34-19-5-7-20(8-6-19)43(28,29,30,31)32/h3-8,15,33H,2,9-14,16H2,1H3,(H,34,40). The fourth-order valence-electron chi connectivity index (χ4n) is 5.39. The molecule has 2 aliphatic rings. The second-order valence-corrected chi connectivity index (χ2v) is 12.8. The van der Waals surface area contributed by atoms with E-state index in [1.165, 1.54) is 0 Å². The van der Waals surface area contributed by atoms with Gasteiger partial charge >= 0.3 is 10.2 Å². The van der Waals surface area contributed by atoms with Gasteiger partial charge in [-0.3, -0.25) is 9.59 Å². The minimum absolute atomic E-state index is 0.101. The molecule has 16 heteroatoms. The first-order valence-electron chi connectivity index (χ1n) is 13.6. The van der Waals surface area contributed by atoms with E-state index in [-0.39, 0.29) is 36.0 Å². The lowest BCUT2D eigenvalue weighted by Crippen LogP contribution is -2.47. The molecular weight excluding hydrogens is 597 g/mol. The number of fused-ring (bicyclic) bond motifs is 2. The maximum atomic E-state index is 13.8. The summed E-state index contributed by atoms with van der Waals surface area (Å²) in [6.45, 7) is 4.40. The molecule has 1 saturated heterocycles. The topological polar surface area (TPSA) is 106 Å². The number of ether oxygens (including phenoxy) is 1. The number of nitrogens with zero attached hydrogens (tertiary/aromatic N) is 5. The number of amides is 1. The fourth-order valence-corrected chi connectivity index (χ4v) is 6.04. The van der Waals surface area contributed by atoms with E-state index in [1.807, 2.05) is 24.0 Å². The zero-order chi connectivity index (χ0) is 30.6. The van der Waals surface area contributed by atoms with E-state index < -0.39 is 26.6 Å². The van der Waals surface area contributed by atoms with Crippen LogP contribution in [0.4, 0.5) is 30.8 Å². The van der Waals surface area contributed by atoms with Gasteiger partial charge in [0.1, 0.15) is 22.9 Å². The van der Waals surface area contributed by atoms with Crippen LogP contribution in [0.3, 0.4) is 0 Å². The van der Waals surface area contributed by atoms with Crippen molar-refractivity contribution in [2.24, 2.45) is 0 Å². The van der Waals surface area contributed by atoms with Crippen LogP contribution in [0.15, 0.2) is 52.2 Å². The molecule has 0 atom stereocenters.